The summed E-state index contributed by atoms with van der Waals surface area (Å²) in [6, 6.07) is 77.0. The van der Waals surface area contributed by atoms with Crippen LogP contribution in [0.25, 0.3) is 123 Å². The number of nitrogens with zero attached hydrogens (tertiary/aromatic N) is 5. The molecule has 6 heteroatoms. The standard InChI is InChI=1S/C59H37N5O/c1-4-14-38(15-5-1)39-26-28-43(29-27-39)56-60-52(41-17-6-2-7-18-41)37-53(61-56)46-23-12-21-44(34-46)45-22-13-24-47(35-45)58-62-57(42-19-8-3-9-20-42)63-59(64-58)48-31-32-50-51-33-30-40-16-10-11-25-49(40)55(51)65-54(50)36-48/h1-37H. The summed E-state index contributed by atoms with van der Waals surface area (Å²) in [6.45, 7) is 0. The van der Waals surface area contributed by atoms with Gasteiger partial charge in [-0.25, -0.2) is 24.9 Å². The van der Waals surface area contributed by atoms with Crippen LogP contribution in [-0.2, 0) is 0 Å². The van der Waals surface area contributed by atoms with Crippen molar-refractivity contribution in [2.45, 2.75) is 0 Å². The first-order valence-corrected chi connectivity index (χ1v) is 21.6. The van der Waals surface area contributed by atoms with Crippen LogP contribution >= 0.6 is 0 Å². The van der Waals surface area contributed by atoms with Crippen molar-refractivity contribution >= 4 is 32.7 Å². The molecule has 0 N–H and O–H groups in total. The van der Waals surface area contributed by atoms with Crippen molar-refractivity contribution in [3.63, 3.8) is 0 Å². The van der Waals surface area contributed by atoms with Crippen LogP contribution in [0.4, 0.5) is 0 Å². The largest absolute Gasteiger partial charge is 0.455 e. The summed E-state index contributed by atoms with van der Waals surface area (Å²) < 4.78 is 6.56. The summed E-state index contributed by atoms with van der Waals surface area (Å²) in [5, 5.41) is 4.36. The molecule has 3 aromatic heterocycles. The zero-order valence-electron chi connectivity index (χ0n) is 35.0. The van der Waals surface area contributed by atoms with Gasteiger partial charge in [-0.2, -0.15) is 0 Å². The lowest BCUT2D eigenvalue weighted by Crippen LogP contribution is -2.00. The van der Waals surface area contributed by atoms with E-state index in [0.717, 1.165) is 94.2 Å². The Morgan fingerprint density at radius 2 is 0.692 bits per heavy atom. The van der Waals surface area contributed by atoms with E-state index < -0.39 is 0 Å². The van der Waals surface area contributed by atoms with Crippen LogP contribution in [0, 0.1) is 0 Å². The first-order valence-electron chi connectivity index (χ1n) is 21.6. The number of hydrogen-bond donors (Lipinski definition) is 0. The SMILES string of the molecule is c1ccc(-c2ccc(-c3nc(-c4ccccc4)cc(-c4cccc(-c5cccc(-c6nc(-c7ccccc7)nc(-c7ccc8c(c7)oc7c9ccccc9ccc87)n6)c5)c4)n3)cc2)cc1. The molecule has 0 saturated heterocycles. The second kappa shape index (κ2) is 16.1. The third-order valence-corrected chi connectivity index (χ3v) is 11.9. The van der Waals surface area contributed by atoms with Gasteiger partial charge in [0, 0.05) is 49.5 Å². The first-order chi connectivity index (χ1) is 32.2. The molecule has 0 amide bonds. The first kappa shape index (κ1) is 37.9. The second-order valence-corrected chi connectivity index (χ2v) is 16.1. The molecule has 304 valence electrons. The Hall–Kier alpha value is -8.87. The van der Waals surface area contributed by atoms with E-state index in [-0.39, 0.29) is 0 Å². The smallest absolute Gasteiger partial charge is 0.164 e. The molecule has 12 aromatic rings. The van der Waals surface area contributed by atoms with E-state index in [1.807, 2.05) is 66.7 Å². The zero-order valence-corrected chi connectivity index (χ0v) is 35.0. The number of hydrogen-bond acceptors (Lipinski definition) is 6. The van der Waals surface area contributed by atoms with Crippen LogP contribution in [0.5, 0.6) is 0 Å². The minimum atomic E-state index is 0.567. The van der Waals surface area contributed by atoms with Crippen molar-refractivity contribution in [2.24, 2.45) is 0 Å². The monoisotopic (exact) mass is 831 g/mol. The van der Waals surface area contributed by atoms with E-state index in [2.05, 4.69) is 158 Å². The maximum absolute atomic E-state index is 6.56. The molecular weight excluding hydrogens is 795 g/mol. The highest BCUT2D eigenvalue weighted by molar-refractivity contribution is 6.15. The molecule has 0 bridgehead atoms. The Labute approximate surface area is 375 Å². The highest BCUT2D eigenvalue weighted by Crippen LogP contribution is 2.37. The van der Waals surface area contributed by atoms with E-state index in [4.69, 9.17) is 29.3 Å². The zero-order chi connectivity index (χ0) is 43.1. The maximum Gasteiger partial charge on any atom is 0.164 e. The number of furan rings is 1. The summed E-state index contributed by atoms with van der Waals surface area (Å²) >= 11 is 0. The topological polar surface area (TPSA) is 77.6 Å². The average Bonchev–Trinajstić information content (AvgIpc) is 3.78. The molecule has 0 unspecified atom stereocenters. The van der Waals surface area contributed by atoms with E-state index in [1.54, 1.807) is 0 Å². The van der Waals surface area contributed by atoms with Gasteiger partial charge in [-0.3, -0.25) is 0 Å². The summed E-state index contributed by atoms with van der Waals surface area (Å²) in [7, 11) is 0. The molecule has 12 rings (SSSR count). The molecule has 0 aliphatic rings. The molecule has 0 aliphatic carbocycles. The quantitative estimate of drug-likeness (QED) is 0.152. The van der Waals surface area contributed by atoms with Crippen LogP contribution in [-0.4, -0.2) is 24.9 Å². The minimum Gasteiger partial charge on any atom is -0.455 e. The lowest BCUT2D eigenvalue weighted by Gasteiger charge is -2.12. The fourth-order valence-electron chi connectivity index (χ4n) is 8.61. The molecule has 0 saturated carbocycles. The summed E-state index contributed by atoms with van der Waals surface area (Å²) in [5.41, 5.74) is 13.3. The van der Waals surface area contributed by atoms with Crippen molar-refractivity contribution in [1.29, 1.82) is 0 Å². The van der Waals surface area contributed by atoms with Crippen LogP contribution in [0.2, 0.25) is 0 Å². The van der Waals surface area contributed by atoms with E-state index >= 15 is 0 Å². The predicted octanol–water partition coefficient (Wildman–Crippen LogP) is 15.1. The molecule has 0 spiro atoms. The van der Waals surface area contributed by atoms with Gasteiger partial charge >= 0.3 is 0 Å². The molecule has 0 aliphatic heterocycles. The van der Waals surface area contributed by atoms with Gasteiger partial charge in [0.15, 0.2) is 23.3 Å². The Morgan fingerprint density at radius 1 is 0.246 bits per heavy atom. The van der Waals surface area contributed by atoms with Crippen LogP contribution in [0.1, 0.15) is 0 Å². The lowest BCUT2D eigenvalue weighted by molar-refractivity contribution is 0.673. The molecule has 0 atom stereocenters. The highest BCUT2D eigenvalue weighted by atomic mass is 16.3. The van der Waals surface area contributed by atoms with Gasteiger partial charge in [0.05, 0.1) is 11.4 Å². The van der Waals surface area contributed by atoms with Gasteiger partial charge in [0.2, 0.25) is 0 Å². The third-order valence-electron chi connectivity index (χ3n) is 11.9. The van der Waals surface area contributed by atoms with Crippen LogP contribution in [0.3, 0.4) is 0 Å². The normalized spacial score (nSPS) is 11.4. The lowest BCUT2D eigenvalue weighted by atomic mass is 9.99. The number of benzene rings is 9. The Balaban J connectivity index is 0.926. The highest BCUT2D eigenvalue weighted by Gasteiger charge is 2.17. The molecule has 3 heterocycles. The number of aromatic nitrogens is 5. The molecule has 0 radical (unpaired) electrons. The van der Waals surface area contributed by atoms with Gasteiger partial charge in [-0.15, -0.1) is 0 Å². The van der Waals surface area contributed by atoms with E-state index in [9.17, 15) is 0 Å². The number of fused-ring (bicyclic) bond motifs is 5. The molecular formula is C59H37N5O. The van der Waals surface area contributed by atoms with Crippen molar-refractivity contribution in [3.05, 3.63) is 224 Å². The van der Waals surface area contributed by atoms with Gasteiger partial charge in [0.25, 0.3) is 0 Å². The molecule has 6 nitrogen and oxygen atoms in total. The molecule has 65 heavy (non-hydrogen) atoms. The summed E-state index contributed by atoms with van der Waals surface area (Å²) in [6.07, 6.45) is 0. The average molecular weight is 832 g/mol. The van der Waals surface area contributed by atoms with Crippen LogP contribution < -0.4 is 0 Å². The second-order valence-electron chi connectivity index (χ2n) is 16.1. The van der Waals surface area contributed by atoms with Crippen molar-refractivity contribution in [1.82, 2.24) is 24.9 Å². The summed E-state index contributed by atoms with van der Waals surface area (Å²) in [4.78, 5) is 25.5. The molecule has 0 fully saturated rings. The third kappa shape index (κ3) is 7.29. The fraction of sp³-hybridized carbons (Fsp3) is 0. The minimum absolute atomic E-state index is 0.567. The predicted molar refractivity (Wildman–Crippen MR) is 264 cm³/mol. The van der Waals surface area contributed by atoms with E-state index in [1.165, 1.54) is 5.56 Å². The fourth-order valence-corrected chi connectivity index (χ4v) is 8.61. The van der Waals surface area contributed by atoms with Crippen molar-refractivity contribution in [3.8, 4) is 90.3 Å². The van der Waals surface area contributed by atoms with Crippen molar-refractivity contribution in [2.75, 3.05) is 0 Å². The summed E-state index contributed by atoms with van der Waals surface area (Å²) in [5.74, 6) is 2.41. The van der Waals surface area contributed by atoms with Gasteiger partial charge < -0.3 is 4.42 Å². The van der Waals surface area contributed by atoms with Gasteiger partial charge in [-0.05, 0) is 64.0 Å². The van der Waals surface area contributed by atoms with E-state index in [0.29, 0.717) is 23.3 Å². The van der Waals surface area contributed by atoms with Gasteiger partial charge in [0.1, 0.15) is 11.2 Å². The Bertz CT molecular complexity index is 3700. The van der Waals surface area contributed by atoms with Gasteiger partial charge in [-0.1, -0.05) is 188 Å². The number of rotatable bonds is 8. The maximum atomic E-state index is 6.56. The Kier molecular flexibility index (Phi) is 9.38. The molecule has 9 aromatic carbocycles. The van der Waals surface area contributed by atoms with Crippen molar-refractivity contribution < 1.29 is 4.42 Å². The Morgan fingerprint density at radius 3 is 1.40 bits per heavy atom. The van der Waals surface area contributed by atoms with Crippen LogP contribution in [0.15, 0.2) is 229 Å².